The van der Waals surface area contributed by atoms with Gasteiger partial charge in [-0.15, -0.1) is 0 Å². The van der Waals surface area contributed by atoms with E-state index in [9.17, 15) is 0 Å². The van der Waals surface area contributed by atoms with Crippen LogP contribution in [0.15, 0.2) is 53.7 Å². The minimum Gasteiger partial charge on any atom is -0.370 e. The van der Waals surface area contributed by atoms with Crippen LogP contribution in [0.2, 0.25) is 0 Å². The molecule has 120 valence electrons. The molecule has 0 atom stereocenters. The first-order valence-corrected chi connectivity index (χ1v) is 8.27. The summed E-state index contributed by atoms with van der Waals surface area (Å²) in [6.45, 7) is 4.95. The van der Waals surface area contributed by atoms with E-state index in [4.69, 9.17) is 5.73 Å². The summed E-state index contributed by atoms with van der Waals surface area (Å²) in [5.74, 6) is 1.47. The second kappa shape index (κ2) is 7.27. The van der Waals surface area contributed by atoms with E-state index in [0.717, 1.165) is 35.8 Å². The van der Waals surface area contributed by atoms with Crippen molar-refractivity contribution in [2.45, 2.75) is 26.3 Å². The number of aromatic nitrogens is 1. The number of nitrogens with zero attached hydrogens (tertiary/aromatic N) is 3. The van der Waals surface area contributed by atoms with Crippen LogP contribution in [0, 0.1) is 5.92 Å². The Kier molecular flexibility index (Phi) is 4.91. The van der Waals surface area contributed by atoms with Gasteiger partial charge in [0, 0.05) is 24.8 Å². The van der Waals surface area contributed by atoms with Gasteiger partial charge in [0.05, 0.1) is 12.2 Å². The Morgan fingerprint density at radius 1 is 1.22 bits per heavy atom. The third kappa shape index (κ3) is 4.09. The average Bonchev–Trinajstić information content (AvgIpc) is 2.61. The summed E-state index contributed by atoms with van der Waals surface area (Å²) in [5.41, 5.74) is 9.41. The molecular weight excluding hydrogens is 284 g/mol. The predicted octanol–water partition coefficient (Wildman–Crippen LogP) is 3.30. The van der Waals surface area contributed by atoms with Gasteiger partial charge in [0.25, 0.3) is 0 Å². The number of likely N-dealkylation sites (tertiary alicyclic amines) is 1. The van der Waals surface area contributed by atoms with Gasteiger partial charge in [-0.2, -0.15) is 0 Å². The number of pyridine rings is 1. The standard InChI is InChI=1S/C19H24N4/c1-15-8-11-23(12-9-15)19(20)22-14-16-5-4-6-17(13-16)18-7-2-3-10-21-18/h2-7,10,13,15H,8-9,11-12,14H2,1H3,(H2,20,22). The van der Waals surface area contributed by atoms with Crippen molar-refractivity contribution >= 4 is 5.96 Å². The van der Waals surface area contributed by atoms with Crippen LogP contribution in [-0.2, 0) is 6.54 Å². The van der Waals surface area contributed by atoms with E-state index in [1.165, 1.54) is 12.8 Å². The van der Waals surface area contributed by atoms with E-state index in [1.807, 2.05) is 30.5 Å². The molecule has 1 aromatic heterocycles. The Morgan fingerprint density at radius 3 is 2.78 bits per heavy atom. The Hall–Kier alpha value is -2.36. The zero-order valence-corrected chi connectivity index (χ0v) is 13.7. The highest BCUT2D eigenvalue weighted by atomic mass is 15.3. The minimum atomic E-state index is 0.610. The van der Waals surface area contributed by atoms with E-state index < -0.39 is 0 Å². The monoisotopic (exact) mass is 308 g/mol. The molecule has 0 unspecified atom stereocenters. The molecule has 0 radical (unpaired) electrons. The lowest BCUT2D eigenvalue weighted by molar-refractivity contribution is 0.277. The first-order valence-electron chi connectivity index (χ1n) is 8.27. The molecule has 2 heterocycles. The normalized spacial score (nSPS) is 16.6. The third-order valence-corrected chi connectivity index (χ3v) is 4.42. The van der Waals surface area contributed by atoms with Crippen LogP contribution in [0.3, 0.4) is 0 Å². The van der Waals surface area contributed by atoms with Gasteiger partial charge in [0.15, 0.2) is 5.96 Å². The van der Waals surface area contributed by atoms with Crippen molar-refractivity contribution < 1.29 is 0 Å². The quantitative estimate of drug-likeness (QED) is 0.699. The molecule has 1 fully saturated rings. The van der Waals surface area contributed by atoms with Gasteiger partial charge in [-0.05, 0) is 42.5 Å². The molecule has 3 rings (SSSR count). The van der Waals surface area contributed by atoms with Gasteiger partial charge in [-0.3, -0.25) is 4.98 Å². The SMILES string of the molecule is CC1CCN(C(N)=NCc2cccc(-c3ccccn3)c2)CC1. The van der Waals surface area contributed by atoms with Gasteiger partial charge in [-0.25, -0.2) is 4.99 Å². The molecule has 2 aromatic rings. The van der Waals surface area contributed by atoms with Gasteiger partial charge >= 0.3 is 0 Å². The lowest BCUT2D eigenvalue weighted by atomic mass is 10.00. The van der Waals surface area contributed by atoms with E-state index in [0.29, 0.717) is 12.5 Å². The Labute approximate surface area is 138 Å². The van der Waals surface area contributed by atoms with Gasteiger partial charge in [0.2, 0.25) is 0 Å². The predicted molar refractivity (Wildman–Crippen MR) is 95.0 cm³/mol. The van der Waals surface area contributed by atoms with Crippen LogP contribution in [-0.4, -0.2) is 28.9 Å². The Bertz CT molecular complexity index is 658. The maximum atomic E-state index is 6.15. The summed E-state index contributed by atoms with van der Waals surface area (Å²) in [6.07, 6.45) is 4.21. The molecule has 0 aliphatic carbocycles. The number of guanidine groups is 1. The molecule has 0 bridgehead atoms. The van der Waals surface area contributed by atoms with Crippen LogP contribution in [0.25, 0.3) is 11.3 Å². The molecule has 23 heavy (non-hydrogen) atoms. The zero-order chi connectivity index (χ0) is 16.1. The number of hydrogen-bond acceptors (Lipinski definition) is 2. The van der Waals surface area contributed by atoms with E-state index in [-0.39, 0.29) is 0 Å². The Morgan fingerprint density at radius 2 is 2.04 bits per heavy atom. The molecule has 1 saturated heterocycles. The van der Waals surface area contributed by atoms with E-state index in [1.54, 1.807) is 0 Å². The van der Waals surface area contributed by atoms with Crippen LogP contribution in [0.5, 0.6) is 0 Å². The van der Waals surface area contributed by atoms with Crippen molar-refractivity contribution in [3.63, 3.8) is 0 Å². The molecule has 1 aliphatic heterocycles. The summed E-state index contributed by atoms with van der Waals surface area (Å²) in [5, 5.41) is 0. The summed E-state index contributed by atoms with van der Waals surface area (Å²) in [6, 6.07) is 14.3. The number of aliphatic imine (C=N–C) groups is 1. The highest BCUT2D eigenvalue weighted by molar-refractivity contribution is 5.78. The Balaban J connectivity index is 1.67. The van der Waals surface area contributed by atoms with Crippen molar-refractivity contribution in [1.82, 2.24) is 9.88 Å². The molecular formula is C19H24N4. The van der Waals surface area contributed by atoms with Crippen LogP contribution < -0.4 is 5.73 Å². The number of nitrogens with two attached hydrogens (primary N) is 1. The number of rotatable bonds is 3. The minimum absolute atomic E-state index is 0.610. The van der Waals surface area contributed by atoms with Crippen LogP contribution in [0.1, 0.15) is 25.3 Å². The highest BCUT2D eigenvalue weighted by Gasteiger charge is 2.16. The molecule has 0 spiro atoms. The number of piperidine rings is 1. The van der Waals surface area contributed by atoms with E-state index >= 15 is 0 Å². The number of benzene rings is 1. The summed E-state index contributed by atoms with van der Waals surface area (Å²) >= 11 is 0. The summed E-state index contributed by atoms with van der Waals surface area (Å²) < 4.78 is 0. The lowest BCUT2D eigenvalue weighted by Crippen LogP contribution is -2.42. The first-order chi connectivity index (χ1) is 11.2. The molecule has 2 N–H and O–H groups in total. The third-order valence-electron chi connectivity index (χ3n) is 4.42. The fourth-order valence-corrected chi connectivity index (χ4v) is 2.87. The maximum absolute atomic E-state index is 6.15. The molecule has 0 amide bonds. The highest BCUT2D eigenvalue weighted by Crippen LogP contribution is 2.19. The topological polar surface area (TPSA) is 54.5 Å². The van der Waals surface area contributed by atoms with Crippen molar-refractivity contribution in [2.75, 3.05) is 13.1 Å². The van der Waals surface area contributed by atoms with E-state index in [2.05, 4.69) is 40.0 Å². The second-order valence-electron chi connectivity index (χ2n) is 6.26. The van der Waals surface area contributed by atoms with Gasteiger partial charge in [0.1, 0.15) is 0 Å². The van der Waals surface area contributed by atoms with Crippen molar-refractivity contribution in [1.29, 1.82) is 0 Å². The molecule has 1 aliphatic rings. The molecule has 0 saturated carbocycles. The first kappa shape index (κ1) is 15.5. The summed E-state index contributed by atoms with van der Waals surface area (Å²) in [4.78, 5) is 11.2. The maximum Gasteiger partial charge on any atom is 0.191 e. The average molecular weight is 308 g/mol. The molecule has 4 nitrogen and oxygen atoms in total. The second-order valence-corrected chi connectivity index (χ2v) is 6.26. The smallest absolute Gasteiger partial charge is 0.191 e. The van der Waals surface area contributed by atoms with Gasteiger partial charge < -0.3 is 10.6 Å². The fraction of sp³-hybridized carbons (Fsp3) is 0.368. The number of hydrogen-bond donors (Lipinski definition) is 1. The van der Waals surface area contributed by atoms with Crippen molar-refractivity contribution in [2.24, 2.45) is 16.6 Å². The van der Waals surface area contributed by atoms with Crippen molar-refractivity contribution in [3.05, 3.63) is 54.2 Å². The lowest BCUT2D eigenvalue weighted by Gasteiger charge is -2.31. The fourth-order valence-electron chi connectivity index (χ4n) is 2.87. The van der Waals surface area contributed by atoms with Gasteiger partial charge in [-0.1, -0.05) is 31.2 Å². The summed E-state index contributed by atoms with van der Waals surface area (Å²) in [7, 11) is 0. The van der Waals surface area contributed by atoms with Crippen LogP contribution in [0.4, 0.5) is 0 Å². The van der Waals surface area contributed by atoms with Crippen molar-refractivity contribution in [3.8, 4) is 11.3 Å². The largest absolute Gasteiger partial charge is 0.370 e. The zero-order valence-electron chi connectivity index (χ0n) is 13.7. The molecule has 4 heteroatoms. The van der Waals surface area contributed by atoms with Crippen LogP contribution >= 0.6 is 0 Å². The molecule has 1 aromatic carbocycles.